The average Bonchev–Trinajstić information content (AvgIpc) is 3.45. The van der Waals surface area contributed by atoms with Crippen molar-refractivity contribution in [2.45, 2.75) is 56.3 Å². The molecule has 2 aromatic heterocycles. The van der Waals surface area contributed by atoms with Gasteiger partial charge in [-0.05, 0) is 44.4 Å². The Morgan fingerprint density at radius 1 is 1.25 bits per heavy atom. The summed E-state index contributed by atoms with van der Waals surface area (Å²) in [6.07, 6.45) is -5.42. The zero-order chi connectivity index (χ0) is 26.1. The highest BCUT2D eigenvalue weighted by atomic mass is 32.1. The Kier molecular flexibility index (Phi) is 7.34. The first-order valence-corrected chi connectivity index (χ1v) is 12.1. The van der Waals surface area contributed by atoms with E-state index in [0.717, 1.165) is 22.3 Å². The number of aliphatic hydroxyl groups is 2. The molecule has 1 saturated carbocycles. The number of carbonyl (C=O) groups is 1. The third kappa shape index (κ3) is 5.52. The van der Waals surface area contributed by atoms with Crippen LogP contribution in [-0.2, 0) is 0 Å². The van der Waals surface area contributed by atoms with Crippen LogP contribution in [0.1, 0.15) is 36.5 Å². The molecule has 5 N–H and O–H groups in total. The molecule has 36 heavy (non-hydrogen) atoms. The molecule has 1 fully saturated rings. The van der Waals surface area contributed by atoms with E-state index in [-0.39, 0.29) is 17.3 Å². The Bertz CT molecular complexity index is 1240. The zero-order valence-electron chi connectivity index (χ0n) is 19.1. The fourth-order valence-electron chi connectivity index (χ4n) is 3.87. The van der Waals surface area contributed by atoms with Gasteiger partial charge in [0, 0.05) is 18.0 Å². The predicted molar refractivity (Wildman–Crippen MR) is 128 cm³/mol. The predicted octanol–water partition coefficient (Wildman–Crippen LogP) is 4.14. The maximum Gasteiger partial charge on any atom is 0.419 e. The molecule has 0 spiro atoms. The van der Waals surface area contributed by atoms with Crippen molar-refractivity contribution in [1.82, 2.24) is 15.3 Å². The van der Waals surface area contributed by atoms with E-state index in [1.165, 1.54) is 23.6 Å². The monoisotopic (exact) mass is 527 g/mol. The van der Waals surface area contributed by atoms with Gasteiger partial charge in [0.25, 0.3) is 5.91 Å². The van der Waals surface area contributed by atoms with Gasteiger partial charge in [-0.3, -0.25) is 4.79 Å². The highest BCUT2D eigenvalue weighted by Crippen LogP contribution is 2.34. The third-order valence-corrected chi connectivity index (χ3v) is 6.99. The number of aromatic nitrogens is 2. The minimum Gasteiger partial charge on any atom is -0.391 e. The molecule has 4 atom stereocenters. The molecule has 4 rings (SSSR count). The lowest BCUT2D eigenvalue weighted by Crippen LogP contribution is -2.54. The van der Waals surface area contributed by atoms with Crippen LogP contribution in [0.3, 0.4) is 0 Å². The lowest BCUT2D eigenvalue weighted by molar-refractivity contribution is -0.272. The van der Waals surface area contributed by atoms with Gasteiger partial charge in [0.1, 0.15) is 5.82 Å². The normalized spacial score (nSPS) is 20.6. The number of nitrogens with zero attached hydrogens (tertiary/aromatic N) is 2. The second-order valence-corrected chi connectivity index (χ2v) is 9.73. The van der Waals surface area contributed by atoms with Gasteiger partial charge >= 0.3 is 6.18 Å². The number of alkyl halides is 4. The highest BCUT2D eigenvalue weighted by molar-refractivity contribution is 7.16. The van der Waals surface area contributed by atoms with Crippen molar-refractivity contribution < 1.29 is 32.6 Å². The van der Waals surface area contributed by atoms with E-state index in [1.54, 1.807) is 5.51 Å². The molecule has 0 bridgehead atoms. The fourth-order valence-corrected chi connectivity index (χ4v) is 4.58. The minimum absolute atomic E-state index is 0.0450. The number of pyridine rings is 1. The highest BCUT2D eigenvalue weighted by Gasteiger charge is 2.55. The number of thiazole rings is 1. The average molecular weight is 528 g/mol. The van der Waals surface area contributed by atoms with Gasteiger partial charge in [-0.2, -0.15) is 13.2 Å². The van der Waals surface area contributed by atoms with Gasteiger partial charge in [-0.25, -0.2) is 14.4 Å². The molecule has 1 aromatic carbocycles. The van der Waals surface area contributed by atoms with Crippen molar-refractivity contribution in [3.05, 3.63) is 41.5 Å². The number of benzene rings is 1. The van der Waals surface area contributed by atoms with Crippen LogP contribution < -0.4 is 16.0 Å². The first-order chi connectivity index (χ1) is 17.0. The molecule has 194 valence electrons. The SMILES string of the molecule is CC(O)(C(F)CNC(=O)c1cnc(Nc2ccc3ncsc3c2)cc1N[C@@H]1CCC[C@H]1O)C(F)(F)F. The molecule has 0 radical (unpaired) electrons. The molecule has 0 aliphatic heterocycles. The Balaban J connectivity index is 1.54. The van der Waals surface area contributed by atoms with Crippen LogP contribution >= 0.6 is 11.3 Å². The number of rotatable bonds is 8. The van der Waals surface area contributed by atoms with Crippen molar-refractivity contribution in [2.24, 2.45) is 0 Å². The van der Waals surface area contributed by atoms with Gasteiger partial charge in [-0.15, -0.1) is 11.3 Å². The van der Waals surface area contributed by atoms with Crippen LogP contribution in [0.2, 0.25) is 0 Å². The van der Waals surface area contributed by atoms with Crippen LogP contribution in [0.5, 0.6) is 0 Å². The summed E-state index contributed by atoms with van der Waals surface area (Å²) in [6, 6.07) is 6.73. The van der Waals surface area contributed by atoms with E-state index < -0.39 is 36.5 Å². The Morgan fingerprint density at radius 2 is 2.03 bits per heavy atom. The molecule has 13 heteroatoms. The number of carbonyl (C=O) groups excluding carboxylic acids is 1. The lowest BCUT2D eigenvalue weighted by Gasteiger charge is -2.29. The standard InChI is InChI=1S/C23H25F4N5O3S/c1-22(35,23(25,26)27)19(24)10-29-21(34)13-9-28-20(8-16(13)32-14-3-2-4-17(14)33)31-12-5-6-15-18(7-12)36-11-30-15/h5-9,11,14,17,19,33,35H,2-4,10H2,1H3,(H,29,34)(H2,28,31,32)/t14-,17-,19?,22?/m1/s1. The number of nitrogens with one attached hydrogen (secondary N) is 3. The van der Waals surface area contributed by atoms with Crippen LogP contribution in [0.4, 0.5) is 34.8 Å². The number of halogens is 4. The maximum absolute atomic E-state index is 14.2. The second kappa shape index (κ2) is 10.1. The van der Waals surface area contributed by atoms with Crippen LogP contribution in [-0.4, -0.2) is 62.7 Å². The van der Waals surface area contributed by atoms with E-state index in [2.05, 4.69) is 25.9 Å². The first-order valence-electron chi connectivity index (χ1n) is 11.2. The van der Waals surface area contributed by atoms with Crippen LogP contribution in [0.25, 0.3) is 10.2 Å². The topological polar surface area (TPSA) is 119 Å². The van der Waals surface area contributed by atoms with Crippen LogP contribution in [0, 0.1) is 0 Å². The molecular formula is C23H25F4N5O3S. The fraction of sp³-hybridized carbons (Fsp3) is 0.435. The van der Waals surface area contributed by atoms with E-state index in [9.17, 15) is 32.6 Å². The number of hydrogen-bond acceptors (Lipinski definition) is 8. The van der Waals surface area contributed by atoms with E-state index in [0.29, 0.717) is 25.6 Å². The van der Waals surface area contributed by atoms with E-state index >= 15 is 0 Å². The van der Waals surface area contributed by atoms with Crippen molar-refractivity contribution in [1.29, 1.82) is 0 Å². The quantitative estimate of drug-likeness (QED) is 0.279. The molecule has 1 amide bonds. The van der Waals surface area contributed by atoms with Crippen molar-refractivity contribution >= 4 is 44.7 Å². The number of anilines is 3. The van der Waals surface area contributed by atoms with Crippen molar-refractivity contribution in [3.63, 3.8) is 0 Å². The number of fused-ring (bicyclic) bond motifs is 1. The van der Waals surface area contributed by atoms with Crippen LogP contribution in [0.15, 0.2) is 36.0 Å². The van der Waals surface area contributed by atoms with E-state index in [1.807, 2.05) is 18.2 Å². The summed E-state index contributed by atoms with van der Waals surface area (Å²) >= 11 is 1.47. The molecule has 2 unspecified atom stereocenters. The molecule has 1 aliphatic rings. The summed E-state index contributed by atoms with van der Waals surface area (Å²) in [5.41, 5.74) is -0.105. The van der Waals surface area contributed by atoms with Gasteiger partial charge in [-0.1, -0.05) is 0 Å². The minimum atomic E-state index is -5.21. The summed E-state index contributed by atoms with van der Waals surface area (Å²) in [4.78, 5) is 21.2. The molecule has 2 heterocycles. The molecule has 0 saturated heterocycles. The van der Waals surface area contributed by atoms with Gasteiger partial charge < -0.3 is 26.2 Å². The molecular weight excluding hydrogens is 502 g/mol. The number of aliphatic hydroxyl groups excluding tert-OH is 1. The molecule has 3 aromatic rings. The summed E-state index contributed by atoms with van der Waals surface area (Å²) in [5.74, 6) is -0.510. The van der Waals surface area contributed by atoms with Gasteiger partial charge in [0.15, 0.2) is 11.8 Å². The summed E-state index contributed by atoms with van der Waals surface area (Å²) in [7, 11) is 0. The van der Waals surface area contributed by atoms with Gasteiger partial charge in [0.2, 0.25) is 0 Å². The van der Waals surface area contributed by atoms with Crippen molar-refractivity contribution in [3.8, 4) is 0 Å². The number of amides is 1. The van der Waals surface area contributed by atoms with Crippen molar-refractivity contribution in [2.75, 3.05) is 17.2 Å². The Labute approximate surface area is 207 Å². The number of hydrogen-bond donors (Lipinski definition) is 5. The van der Waals surface area contributed by atoms with Gasteiger partial charge in [0.05, 0.1) is 45.7 Å². The summed E-state index contributed by atoms with van der Waals surface area (Å²) < 4.78 is 53.8. The smallest absolute Gasteiger partial charge is 0.391 e. The summed E-state index contributed by atoms with van der Waals surface area (Å²) in [5, 5.41) is 28.1. The Hall–Kier alpha value is -3.03. The summed E-state index contributed by atoms with van der Waals surface area (Å²) in [6.45, 7) is -0.754. The zero-order valence-corrected chi connectivity index (χ0v) is 20.0. The molecule has 1 aliphatic carbocycles. The second-order valence-electron chi connectivity index (χ2n) is 8.85. The molecule has 8 nitrogen and oxygen atoms in total. The van der Waals surface area contributed by atoms with E-state index in [4.69, 9.17) is 0 Å². The third-order valence-electron chi connectivity index (χ3n) is 6.20. The maximum atomic E-state index is 14.2. The first kappa shape index (κ1) is 26.0. The Morgan fingerprint density at radius 3 is 2.72 bits per heavy atom. The largest absolute Gasteiger partial charge is 0.419 e. The lowest BCUT2D eigenvalue weighted by atomic mass is 9.99.